The van der Waals surface area contributed by atoms with Crippen molar-refractivity contribution in [1.29, 1.82) is 0 Å². The molecule has 1 amide bonds. The second-order valence-electron chi connectivity index (χ2n) is 6.89. The molecule has 1 aliphatic heterocycles. The van der Waals surface area contributed by atoms with Gasteiger partial charge >= 0.3 is 11.8 Å². The van der Waals surface area contributed by atoms with Crippen molar-refractivity contribution in [3.63, 3.8) is 0 Å². The Morgan fingerprint density at radius 2 is 1.65 bits per heavy atom. The number of sulfonamides is 1. The van der Waals surface area contributed by atoms with Crippen LogP contribution in [0.1, 0.15) is 21.5 Å². The van der Waals surface area contributed by atoms with Crippen molar-refractivity contribution in [2.24, 2.45) is 10.2 Å². The quantitative estimate of drug-likeness (QED) is 0.621. The minimum atomic E-state index is -4.71. The topological polar surface area (TPSA) is 92.9 Å². The first-order valence-corrected chi connectivity index (χ1v) is 10.5. The normalized spacial score (nSPS) is 14.9. The van der Waals surface area contributed by atoms with E-state index in [1.54, 1.807) is 10.8 Å². The summed E-state index contributed by atoms with van der Waals surface area (Å²) in [6.07, 6.45) is -1.57. The summed E-state index contributed by atoms with van der Waals surface area (Å²) >= 11 is 0. The lowest BCUT2D eigenvalue weighted by atomic mass is 10.0. The number of nitrogens with one attached hydrogen (secondary N) is 1. The lowest BCUT2D eigenvalue weighted by molar-refractivity contribution is -0.166. The number of rotatable bonds is 6. The van der Waals surface area contributed by atoms with Gasteiger partial charge in [0, 0.05) is 24.5 Å². The van der Waals surface area contributed by atoms with Crippen LogP contribution in [0.25, 0.3) is 0 Å². The van der Waals surface area contributed by atoms with Gasteiger partial charge in [0.1, 0.15) is 0 Å². The zero-order chi connectivity index (χ0) is 22.3. The Kier molecular flexibility index (Phi) is 4.92. The molecule has 11 heteroatoms. The van der Waals surface area contributed by atoms with Crippen molar-refractivity contribution in [1.82, 2.24) is 9.29 Å². The molecule has 7 nitrogen and oxygen atoms in total. The summed E-state index contributed by atoms with van der Waals surface area (Å²) in [6.45, 7) is 0.499. The summed E-state index contributed by atoms with van der Waals surface area (Å²) in [5, 5.41) is 6.13. The van der Waals surface area contributed by atoms with Gasteiger partial charge in [-0.25, -0.2) is 13.1 Å². The first-order valence-electron chi connectivity index (χ1n) is 8.99. The fourth-order valence-corrected chi connectivity index (χ4v) is 3.99. The lowest BCUT2D eigenvalue weighted by Gasteiger charge is -2.15. The van der Waals surface area contributed by atoms with Gasteiger partial charge in [-0.05, 0) is 23.8 Å². The number of alkyl halides is 3. The summed E-state index contributed by atoms with van der Waals surface area (Å²) in [6, 6.07) is 14.8. The molecule has 0 spiro atoms. The van der Waals surface area contributed by atoms with Gasteiger partial charge in [0.25, 0.3) is 15.9 Å². The Labute approximate surface area is 175 Å². The van der Waals surface area contributed by atoms with Crippen LogP contribution in [-0.4, -0.2) is 25.1 Å². The van der Waals surface area contributed by atoms with Gasteiger partial charge < -0.3 is 4.57 Å². The van der Waals surface area contributed by atoms with Gasteiger partial charge in [-0.15, -0.1) is 10.2 Å². The van der Waals surface area contributed by atoms with Crippen molar-refractivity contribution in [2.75, 3.05) is 0 Å². The predicted molar refractivity (Wildman–Crippen MR) is 104 cm³/mol. The standard InChI is InChI=1S/C20H15F3N4O3S/c21-20(22,23)19(25-26-19)16-6-8-17(9-7-16)31(29,30)24-18(28)15-10-11-27(13-15)12-14-4-2-1-3-5-14/h1-11,13H,12H2,(H,24,28). The second kappa shape index (κ2) is 7.34. The fraction of sp³-hybridized carbons (Fsp3) is 0.150. The molecular weight excluding hydrogens is 433 g/mol. The largest absolute Gasteiger partial charge is 0.442 e. The second-order valence-corrected chi connectivity index (χ2v) is 8.57. The molecule has 31 heavy (non-hydrogen) atoms. The molecule has 2 aromatic carbocycles. The number of amides is 1. The van der Waals surface area contributed by atoms with Gasteiger partial charge in [-0.3, -0.25) is 4.79 Å². The van der Waals surface area contributed by atoms with Crippen molar-refractivity contribution in [2.45, 2.75) is 23.3 Å². The number of hydrogen-bond acceptors (Lipinski definition) is 5. The SMILES string of the molecule is O=C(NS(=O)(=O)c1ccc(C2(C(F)(F)F)N=N2)cc1)c1ccn(Cc2ccccc2)c1. The average Bonchev–Trinajstić information content (AvgIpc) is 3.42. The van der Waals surface area contributed by atoms with E-state index >= 15 is 0 Å². The van der Waals surface area contributed by atoms with Crippen LogP contribution in [-0.2, 0) is 22.2 Å². The Hall–Kier alpha value is -3.47. The summed E-state index contributed by atoms with van der Waals surface area (Å²) in [5.41, 5.74) is -1.81. The zero-order valence-corrected chi connectivity index (χ0v) is 16.6. The maximum absolute atomic E-state index is 13.1. The molecular formula is C20H15F3N4O3S. The van der Waals surface area contributed by atoms with Crippen LogP contribution in [0.4, 0.5) is 13.2 Å². The molecule has 0 unspecified atom stereocenters. The van der Waals surface area contributed by atoms with Crippen LogP contribution in [0.2, 0.25) is 0 Å². The maximum atomic E-state index is 13.1. The zero-order valence-electron chi connectivity index (χ0n) is 15.7. The van der Waals surface area contributed by atoms with E-state index in [9.17, 15) is 26.4 Å². The van der Waals surface area contributed by atoms with Crippen molar-refractivity contribution >= 4 is 15.9 Å². The van der Waals surface area contributed by atoms with Crippen LogP contribution >= 0.6 is 0 Å². The third-order valence-corrected chi connectivity index (χ3v) is 6.06. The molecule has 1 N–H and O–H groups in total. The molecule has 0 atom stereocenters. The lowest BCUT2D eigenvalue weighted by Crippen LogP contribution is -2.31. The molecule has 3 aromatic rings. The van der Waals surface area contributed by atoms with E-state index in [2.05, 4.69) is 10.2 Å². The van der Waals surface area contributed by atoms with Crippen molar-refractivity contribution in [3.05, 3.63) is 89.7 Å². The van der Waals surface area contributed by atoms with Gasteiger partial charge in [0.05, 0.1) is 10.5 Å². The monoisotopic (exact) mass is 448 g/mol. The van der Waals surface area contributed by atoms with Crippen molar-refractivity contribution < 1.29 is 26.4 Å². The number of carbonyl (C=O) groups excluding carboxylic acids is 1. The van der Waals surface area contributed by atoms with E-state index in [-0.39, 0.29) is 16.0 Å². The molecule has 0 radical (unpaired) electrons. The molecule has 0 aliphatic carbocycles. The number of halogens is 3. The molecule has 0 saturated heterocycles. The van der Waals surface area contributed by atoms with Crippen LogP contribution in [0.3, 0.4) is 0 Å². The number of carbonyl (C=O) groups is 1. The van der Waals surface area contributed by atoms with Gasteiger partial charge in [-0.2, -0.15) is 13.2 Å². The van der Waals surface area contributed by atoms with E-state index in [0.717, 1.165) is 29.8 Å². The highest BCUT2D eigenvalue weighted by atomic mass is 32.2. The van der Waals surface area contributed by atoms with Gasteiger partial charge in [0.15, 0.2) is 0 Å². The summed E-state index contributed by atoms with van der Waals surface area (Å²) in [4.78, 5) is 12.0. The first kappa shape index (κ1) is 20.8. The number of nitrogens with zero attached hydrogens (tertiary/aromatic N) is 3. The molecule has 0 fully saturated rings. The van der Waals surface area contributed by atoms with E-state index in [4.69, 9.17) is 0 Å². The Morgan fingerprint density at radius 1 is 1.00 bits per heavy atom. The Bertz CT molecular complexity index is 1240. The Balaban J connectivity index is 1.46. The van der Waals surface area contributed by atoms with E-state index < -0.39 is 27.8 Å². The van der Waals surface area contributed by atoms with Crippen LogP contribution in [0.5, 0.6) is 0 Å². The smallest absolute Gasteiger partial charge is 0.349 e. The van der Waals surface area contributed by atoms with Gasteiger partial charge in [-0.1, -0.05) is 42.5 Å². The van der Waals surface area contributed by atoms with E-state index in [1.165, 1.54) is 12.3 Å². The summed E-state index contributed by atoms with van der Waals surface area (Å²) < 4.78 is 67.8. The van der Waals surface area contributed by atoms with E-state index in [0.29, 0.717) is 6.54 Å². The number of benzene rings is 2. The first-order chi connectivity index (χ1) is 14.6. The highest BCUT2D eigenvalue weighted by Crippen LogP contribution is 2.52. The molecule has 160 valence electrons. The Morgan fingerprint density at radius 3 is 2.23 bits per heavy atom. The minimum absolute atomic E-state index is 0.128. The summed E-state index contributed by atoms with van der Waals surface area (Å²) in [5.74, 6) is -0.852. The van der Waals surface area contributed by atoms with Crippen LogP contribution in [0, 0.1) is 0 Å². The molecule has 0 saturated carbocycles. The molecule has 4 rings (SSSR count). The number of aromatic nitrogens is 1. The number of hydrogen-bond donors (Lipinski definition) is 1. The average molecular weight is 448 g/mol. The molecule has 2 heterocycles. The molecule has 1 aromatic heterocycles. The van der Waals surface area contributed by atoms with Crippen molar-refractivity contribution in [3.8, 4) is 0 Å². The van der Waals surface area contributed by atoms with Crippen LogP contribution < -0.4 is 4.72 Å². The molecule has 0 bridgehead atoms. The highest BCUT2D eigenvalue weighted by Gasteiger charge is 2.65. The molecule has 1 aliphatic rings. The minimum Gasteiger partial charge on any atom is -0.349 e. The van der Waals surface area contributed by atoms with E-state index in [1.807, 2.05) is 35.1 Å². The van der Waals surface area contributed by atoms with Gasteiger partial charge in [0.2, 0.25) is 0 Å². The van der Waals surface area contributed by atoms with Crippen LogP contribution in [0.15, 0.2) is 88.2 Å². The predicted octanol–water partition coefficient (Wildman–Crippen LogP) is 3.84. The third kappa shape index (κ3) is 4.08. The highest BCUT2D eigenvalue weighted by molar-refractivity contribution is 7.90. The maximum Gasteiger partial charge on any atom is 0.442 e. The summed E-state index contributed by atoms with van der Waals surface area (Å²) in [7, 11) is -4.29. The fourth-order valence-electron chi connectivity index (χ4n) is 3.02. The third-order valence-electron chi connectivity index (χ3n) is 4.71.